The minimum atomic E-state index is 0.470. The third-order valence-corrected chi connectivity index (χ3v) is 2.08. The fourth-order valence-electron chi connectivity index (χ4n) is 1.22. The highest BCUT2D eigenvalue weighted by molar-refractivity contribution is 5.52. The zero-order valence-electron chi connectivity index (χ0n) is 7.90. The Morgan fingerprint density at radius 1 is 1.50 bits per heavy atom. The van der Waals surface area contributed by atoms with Crippen molar-refractivity contribution in [3.63, 3.8) is 0 Å². The van der Waals surface area contributed by atoms with Gasteiger partial charge in [-0.25, -0.2) is 9.97 Å². The van der Waals surface area contributed by atoms with Gasteiger partial charge in [0.15, 0.2) is 5.82 Å². The van der Waals surface area contributed by atoms with Crippen LogP contribution in [0.25, 0.3) is 11.4 Å². The molecule has 0 aromatic carbocycles. The standard InChI is InChI=1S/C10H11N3O/c1-7-9(4-11)5-12-10(13-7)8-2-3-14-6-8/h2-3,5-6H,4,11H2,1H3. The maximum atomic E-state index is 5.52. The number of furan rings is 1. The van der Waals surface area contributed by atoms with E-state index in [4.69, 9.17) is 10.2 Å². The molecule has 0 aliphatic heterocycles. The molecule has 2 aromatic heterocycles. The second-order valence-corrected chi connectivity index (χ2v) is 3.02. The van der Waals surface area contributed by atoms with Crippen LogP contribution in [0.15, 0.2) is 29.2 Å². The van der Waals surface area contributed by atoms with Crippen molar-refractivity contribution in [2.75, 3.05) is 0 Å². The Labute approximate surface area is 81.8 Å². The van der Waals surface area contributed by atoms with Gasteiger partial charge in [-0.2, -0.15) is 0 Å². The van der Waals surface area contributed by atoms with E-state index in [1.807, 2.05) is 13.0 Å². The van der Waals surface area contributed by atoms with Gasteiger partial charge in [0, 0.05) is 24.0 Å². The molecule has 72 valence electrons. The van der Waals surface area contributed by atoms with Crippen LogP contribution in [-0.4, -0.2) is 9.97 Å². The number of aromatic nitrogens is 2. The predicted octanol–water partition coefficient (Wildman–Crippen LogP) is 1.50. The quantitative estimate of drug-likeness (QED) is 0.777. The van der Waals surface area contributed by atoms with Gasteiger partial charge in [-0.1, -0.05) is 0 Å². The van der Waals surface area contributed by atoms with E-state index in [0.29, 0.717) is 12.4 Å². The van der Waals surface area contributed by atoms with Crippen LogP contribution in [0.2, 0.25) is 0 Å². The molecule has 0 fully saturated rings. The molecule has 4 heteroatoms. The van der Waals surface area contributed by atoms with Crippen molar-refractivity contribution < 1.29 is 4.42 Å². The highest BCUT2D eigenvalue weighted by atomic mass is 16.3. The lowest BCUT2D eigenvalue weighted by Gasteiger charge is -2.02. The van der Waals surface area contributed by atoms with E-state index in [0.717, 1.165) is 16.8 Å². The lowest BCUT2D eigenvalue weighted by atomic mass is 10.2. The van der Waals surface area contributed by atoms with Crippen LogP contribution in [0, 0.1) is 6.92 Å². The van der Waals surface area contributed by atoms with Gasteiger partial charge in [0.25, 0.3) is 0 Å². The van der Waals surface area contributed by atoms with Crippen LogP contribution in [0.3, 0.4) is 0 Å². The van der Waals surface area contributed by atoms with Crippen LogP contribution in [-0.2, 0) is 6.54 Å². The average Bonchev–Trinajstić information content (AvgIpc) is 2.70. The van der Waals surface area contributed by atoms with Crippen molar-refractivity contribution in [1.29, 1.82) is 0 Å². The molecule has 0 bridgehead atoms. The number of hydrogen-bond donors (Lipinski definition) is 1. The van der Waals surface area contributed by atoms with Gasteiger partial charge in [-0.15, -0.1) is 0 Å². The van der Waals surface area contributed by atoms with Crippen LogP contribution >= 0.6 is 0 Å². The van der Waals surface area contributed by atoms with E-state index in [1.165, 1.54) is 0 Å². The topological polar surface area (TPSA) is 64.9 Å². The molecular formula is C10H11N3O. The molecule has 2 N–H and O–H groups in total. The Bertz CT molecular complexity index is 423. The number of hydrogen-bond acceptors (Lipinski definition) is 4. The summed E-state index contributed by atoms with van der Waals surface area (Å²) in [6.07, 6.45) is 4.98. The maximum Gasteiger partial charge on any atom is 0.162 e. The van der Waals surface area contributed by atoms with E-state index in [-0.39, 0.29) is 0 Å². The largest absolute Gasteiger partial charge is 0.472 e. The molecule has 0 unspecified atom stereocenters. The molecule has 0 atom stereocenters. The fraction of sp³-hybridized carbons (Fsp3) is 0.200. The van der Waals surface area contributed by atoms with Crippen LogP contribution in [0.5, 0.6) is 0 Å². The highest BCUT2D eigenvalue weighted by Crippen LogP contribution is 2.15. The van der Waals surface area contributed by atoms with Gasteiger partial charge in [0.1, 0.15) is 6.26 Å². The number of rotatable bonds is 2. The van der Waals surface area contributed by atoms with Crippen molar-refractivity contribution in [3.8, 4) is 11.4 Å². The van der Waals surface area contributed by atoms with E-state index in [2.05, 4.69) is 9.97 Å². The molecule has 0 aliphatic rings. The molecule has 0 saturated carbocycles. The second-order valence-electron chi connectivity index (χ2n) is 3.02. The third-order valence-electron chi connectivity index (χ3n) is 2.08. The summed E-state index contributed by atoms with van der Waals surface area (Å²) in [6.45, 7) is 2.39. The summed E-state index contributed by atoms with van der Waals surface area (Å²) in [6, 6.07) is 1.83. The summed E-state index contributed by atoms with van der Waals surface area (Å²) in [7, 11) is 0. The SMILES string of the molecule is Cc1nc(-c2ccoc2)ncc1CN. The van der Waals surface area contributed by atoms with Gasteiger partial charge in [0.05, 0.1) is 11.8 Å². The Balaban J connectivity index is 2.43. The van der Waals surface area contributed by atoms with Crippen LogP contribution < -0.4 is 5.73 Å². The van der Waals surface area contributed by atoms with E-state index < -0.39 is 0 Å². The van der Waals surface area contributed by atoms with Crippen LogP contribution in [0.4, 0.5) is 0 Å². The average molecular weight is 189 g/mol. The molecule has 0 saturated heterocycles. The molecule has 0 radical (unpaired) electrons. The highest BCUT2D eigenvalue weighted by Gasteiger charge is 2.04. The predicted molar refractivity (Wildman–Crippen MR) is 52.4 cm³/mol. The molecule has 2 heterocycles. The first-order valence-electron chi connectivity index (χ1n) is 4.36. The minimum absolute atomic E-state index is 0.470. The lowest BCUT2D eigenvalue weighted by molar-refractivity contribution is 0.568. The Morgan fingerprint density at radius 3 is 2.93 bits per heavy atom. The van der Waals surface area contributed by atoms with Gasteiger partial charge in [0.2, 0.25) is 0 Å². The second kappa shape index (κ2) is 3.59. The third kappa shape index (κ3) is 1.52. The Morgan fingerprint density at radius 2 is 2.36 bits per heavy atom. The van der Waals surface area contributed by atoms with Crippen molar-refractivity contribution in [1.82, 2.24) is 9.97 Å². The monoisotopic (exact) mass is 189 g/mol. The smallest absolute Gasteiger partial charge is 0.162 e. The molecule has 14 heavy (non-hydrogen) atoms. The molecule has 2 rings (SSSR count). The van der Waals surface area contributed by atoms with Gasteiger partial charge in [-0.05, 0) is 13.0 Å². The number of nitrogens with two attached hydrogens (primary N) is 1. The first-order valence-corrected chi connectivity index (χ1v) is 4.36. The molecule has 0 spiro atoms. The lowest BCUT2D eigenvalue weighted by Crippen LogP contribution is -2.03. The molecule has 0 aliphatic carbocycles. The van der Waals surface area contributed by atoms with Crippen LogP contribution in [0.1, 0.15) is 11.3 Å². The van der Waals surface area contributed by atoms with E-state index >= 15 is 0 Å². The molecule has 2 aromatic rings. The summed E-state index contributed by atoms with van der Waals surface area (Å²) < 4.78 is 4.96. The van der Waals surface area contributed by atoms with Gasteiger partial charge in [-0.3, -0.25) is 0 Å². The summed E-state index contributed by atoms with van der Waals surface area (Å²) in [5.74, 6) is 0.674. The number of nitrogens with zero attached hydrogens (tertiary/aromatic N) is 2. The summed E-state index contributed by atoms with van der Waals surface area (Å²) in [5, 5.41) is 0. The fourth-order valence-corrected chi connectivity index (χ4v) is 1.22. The zero-order chi connectivity index (χ0) is 9.97. The van der Waals surface area contributed by atoms with Crippen molar-refractivity contribution in [3.05, 3.63) is 36.0 Å². The molecule has 4 nitrogen and oxygen atoms in total. The zero-order valence-corrected chi connectivity index (χ0v) is 7.90. The van der Waals surface area contributed by atoms with Crippen molar-refractivity contribution in [2.24, 2.45) is 5.73 Å². The van der Waals surface area contributed by atoms with Gasteiger partial charge >= 0.3 is 0 Å². The number of aryl methyl sites for hydroxylation is 1. The summed E-state index contributed by atoms with van der Waals surface area (Å²) in [5.41, 5.74) is 8.29. The molecule has 0 amide bonds. The first kappa shape index (κ1) is 8.90. The van der Waals surface area contributed by atoms with Gasteiger partial charge < -0.3 is 10.2 Å². The van der Waals surface area contributed by atoms with Crippen molar-refractivity contribution >= 4 is 0 Å². The normalized spacial score (nSPS) is 10.4. The Hall–Kier alpha value is -1.68. The Kier molecular flexibility index (Phi) is 2.28. The van der Waals surface area contributed by atoms with E-state index in [9.17, 15) is 0 Å². The molecular weight excluding hydrogens is 178 g/mol. The maximum absolute atomic E-state index is 5.52. The van der Waals surface area contributed by atoms with Crippen molar-refractivity contribution in [2.45, 2.75) is 13.5 Å². The van der Waals surface area contributed by atoms with E-state index in [1.54, 1.807) is 18.7 Å². The summed E-state index contributed by atoms with van der Waals surface area (Å²) in [4.78, 5) is 8.54. The minimum Gasteiger partial charge on any atom is -0.472 e. The first-order chi connectivity index (χ1) is 6.81. The summed E-state index contributed by atoms with van der Waals surface area (Å²) >= 11 is 0.